The summed E-state index contributed by atoms with van der Waals surface area (Å²) >= 11 is 0. The molecule has 0 radical (unpaired) electrons. The molecule has 3 nitrogen and oxygen atoms in total. The zero-order valence-corrected chi connectivity index (χ0v) is 28.5. The molecule has 9 aromatic rings. The third kappa shape index (κ3) is 3.96. The van der Waals surface area contributed by atoms with E-state index in [1.807, 2.05) is 0 Å². The molecule has 0 bridgehead atoms. The van der Waals surface area contributed by atoms with E-state index in [9.17, 15) is 0 Å². The van der Waals surface area contributed by atoms with Gasteiger partial charge in [0.05, 0.1) is 27.7 Å². The van der Waals surface area contributed by atoms with Crippen LogP contribution in [0.1, 0.15) is 35.1 Å². The summed E-state index contributed by atoms with van der Waals surface area (Å²) in [6.07, 6.45) is 6.80. The van der Waals surface area contributed by atoms with Gasteiger partial charge < -0.3 is 0 Å². The maximum atomic E-state index is 5.57. The van der Waals surface area contributed by atoms with Crippen LogP contribution in [0, 0.1) is 0 Å². The van der Waals surface area contributed by atoms with Crippen molar-refractivity contribution in [1.29, 1.82) is 0 Å². The van der Waals surface area contributed by atoms with Crippen LogP contribution in [0.15, 0.2) is 182 Å². The van der Waals surface area contributed by atoms with Crippen LogP contribution in [0.3, 0.4) is 0 Å². The number of rotatable bonds is 4. The van der Waals surface area contributed by atoms with Crippen LogP contribution in [0.2, 0.25) is 0 Å². The minimum absolute atomic E-state index is 0.540. The molecule has 2 aromatic heterocycles. The fraction of sp³-hybridized carbons (Fsp3) is 0.0612. The Balaban J connectivity index is 1.35. The van der Waals surface area contributed by atoms with Crippen LogP contribution in [0.5, 0.6) is 0 Å². The SMILES string of the molecule is C1=CC2=C(CC1)c1ccc3c4ccccc4n(-c4nc(-c5ccccc5)c5ccc6ccccc6c5n4)c3c1C2(c1ccccc1)c1ccccc1. The van der Waals surface area contributed by atoms with E-state index in [4.69, 9.17) is 9.97 Å². The lowest BCUT2D eigenvalue weighted by atomic mass is 9.66. The van der Waals surface area contributed by atoms with Gasteiger partial charge in [0.1, 0.15) is 0 Å². The Kier molecular flexibility index (Phi) is 6.29. The lowest BCUT2D eigenvalue weighted by molar-refractivity contribution is 0.759. The summed E-state index contributed by atoms with van der Waals surface area (Å²) in [5.41, 5.74) is 12.6. The van der Waals surface area contributed by atoms with Crippen molar-refractivity contribution < 1.29 is 0 Å². The van der Waals surface area contributed by atoms with Crippen molar-refractivity contribution in [2.75, 3.05) is 0 Å². The molecule has 11 rings (SSSR count). The smallest absolute Gasteiger partial charge is 0.235 e. The molecule has 2 aliphatic rings. The fourth-order valence-electron chi connectivity index (χ4n) is 9.24. The van der Waals surface area contributed by atoms with Crippen LogP contribution in [0.4, 0.5) is 0 Å². The molecule has 52 heavy (non-hydrogen) atoms. The second kappa shape index (κ2) is 11.2. The normalized spacial score (nSPS) is 14.8. The van der Waals surface area contributed by atoms with Gasteiger partial charge in [-0.25, -0.2) is 9.97 Å². The first-order valence-electron chi connectivity index (χ1n) is 18.2. The summed E-state index contributed by atoms with van der Waals surface area (Å²) in [5.74, 6) is 0.678. The lowest BCUT2D eigenvalue weighted by Gasteiger charge is -2.36. The highest BCUT2D eigenvalue weighted by atomic mass is 15.2. The molecular formula is C49H33N3. The Hall–Kier alpha value is -6.58. The highest BCUT2D eigenvalue weighted by Gasteiger charge is 2.49. The first-order chi connectivity index (χ1) is 25.8. The number of nitrogens with zero attached hydrogens (tertiary/aromatic N) is 3. The van der Waals surface area contributed by atoms with E-state index in [1.54, 1.807) is 0 Å². The largest absolute Gasteiger partial charge is 0.278 e. The van der Waals surface area contributed by atoms with Gasteiger partial charge in [-0.1, -0.05) is 164 Å². The van der Waals surface area contributed by atoms with Gasteiger partial charge in [0.2, 0.25) is 5.95 Å². The number of aromatic nitrogens is 3. The third-order valence-electron chi connectivity index (χ3n) is 11.4. The molecule has 0 unspecified atom stereocenters. The van der Waals surface area contributed by atoms with Crippen molar-refractivity contribution in [2.45, 2.75) is 18.3 Å². The van der Waals surface area contributed by atoms with Crippen molar-refractivity contribution in [1.82, 2.24) is 14.5 Å². The molecule has 0 amide bonds. The van der Waals surface area contributed by atoms with Crippen LogP contribution in [-0.2, 0) is 5.41 Å². The van der Waals surface area contributed by atoms with Crippen molar-refractivity contribution in [2.24, 2.45) is 0 Å². The van der Waals surface area contributed by atoms with Crippen LogP contribution >= 0.6 is 0 Å². The van der Waals surface area contributed by atoms with Gasteiger partial charge >= 0.3 is 0 Å². The zero-order chi connectivity index (χ0) is 34.2. The minimum Gasteiger partial charge on any atom is -0.278 e. The summed E-state index contributed by atoms with van der Waals surface area (Å²) in [5, 5.41) is 5.73. The van der Waals surface area contributed by atoms with Crippen molar-refractivity contribution in [3.63, 3.8) is 0 Å². The van der Waals surface area contributed by atoms with Crippen LogP contribution in [0.25, 0.3) is 66.3 Å². The molecule has 3 heteroatoms. The molecule has 0 N–H and O–H groups in total. The molecule has 0 fully saturated rings. The highest BCUT2D eigenvalue weighted by molar-refractivity contribution is 6.14. The van der Waals surface area contributed by atoms with E-state index < -0.39 is 5.41 Å². The van der Waals surface area contributed by atoms with E-state index in [0.29, 0.717) is 5.95 Å². The molecule has 244 valence electrons. The van der Waals surface area contributed by atoms with Gasteiger partial charge in [-0.2, -0.15) is 0 Å². The average Bonchev–Trinajstić information content (AvgIpc) is 3.72. The van der Waals surface area contributed by atoms with Crippen molar-refractivity contribution in [3.05, 3.63) is 204 Å². The van der Waals surface area contributed by atoms with Crippen molar-refractivity contribution in [3.8, 4) is 17.2 Å². The summed E-state index contributed by atoms with van der Waals surface area (Å²) in [6, 6.07) is 59.3. The molecule has 0 spiro atoms. The summed E-state index contributed by atoms with van der Waals surface area (Å²) < 4.78 is 2.37. The van der Waals surface area contributed by atoms with E-state index in [2.05, 4.69) is 181 Å². The fourth-order valence-corrected chi connectivity index (χ4v) is 9.24. The minimum atomic E-state index is -0.540. The van der Waals surface area contributed by atoms with E-state index in [1.165, 1.54) is 44.2 Å². The monoisotopic (exact) mass is 663 g/mol. The van der Waals surface area contributed by atoms with Gasteiger partial charge in [0.15, 0.2) is 0 Å². The van der Waals surface area contributed by atoms with E-state index >= 15 is 0 Å². The lowest BCUT2D eigenvalue weighted by Crippen LogP contribution is -2.30. The maximum absolute atomic E-state index is 5.57. The molecule has 2 heterocycles. The van der Waals surface area contributed by atoms with Gasteiger partial charge in [-0.3, -0.25) is 4.57 Å². The Morgan fingerprint density at radius 1 is 0.538 bits per heavy atom. The molecular weight excluding hydrogens is 631 g/mol. The van der Waals surface area contributed by atoms with Gasteiger partial charge in [0, 0.05) is 32.7 Å². The maximum Gasteiger partial charge on any atom is 0.235 e. The number of para-hydroxylation sites is 1. The molecule has 0 saturated carbocycles. The Bertz CT molecular complexity index is 2900. The predicted octanol–water partition coefficient (Wildman–Crippen LogP) is 12.0. The second-order valence-corrected chi connectivity index (χ2v) is 14.0. The number of hydrogen-bond acceptors (Lipinski definition) is 2. The third-order valence-corrected chi connectivity index (χ3v) is 11.4. The molecule has 0 aliphatic heterocycles. The Morgan fingerprint density at radius 2 is 1.19 bits per heavy atom. The van der Waals surface area contributed by atoms with Gasteiger partial charge in [-0.15, -0.1) is 0 Å². The number of allylic oxidation sites excluding steroid dienone is 4. The molecule has 0 saturated heterocycles. The predicted molar refractivity (Wildman–Crippen MR) is 215 cm³/mol. The Labute approximate surface area is 301 Å². The zero-order valence-electron chi connectivity index (χ0n) is 28.5. The standard InChI is InChI=1S/C49H33N3/c1-4-17-33(18-5-1)45-41-29-28-32-16-10-11-23-36(32)46(41)51-48(50-45)52-43-27-15-13-25-38(43)40-31-30-39-37-24-12-14-26-42(37)49(44(39)47(40)52,34-19-6-2-7-20-34)35-21-8-3-9-22-35/h1-11,13-23,25-31H,12,24H2. The highest BCUT2D eigenvalue weighted by Crippen LogP contribution is 2.59. The van der Waals surface area contributed by atoms with Crippen molar-refractivity contribution >= 4 is 49.1 Å². The van der Waals surface area contributed by atoms with E-state index in [0.717, 1.165) is 56.8 Å². The van der Waals surface area contributed by atoms with Gasteiger partial charge in [-0.05, 0) is 58.2 Å². The number of hydrogen-bond donors (Lipinski definition) is 0. The first-order valence-corrected chi connectivity index (χ1v) is 18.2. The molecule has 2 aliphatic carbocycles. The van der Waals surface area contributed by atoms with Crippen LogP contribution in [-0.4, -0.2) is 14.5 Å². The van der Waals surface area contributed by atoms with E-state index in [-0.39, 0.29) is 0 Å². The molecule has 0 atom stereocenters. The van der Waals surface area contributed by atoms with Gasteiger partial charge in [0.25, 0.3) is 0 Å². The average molecular weight is 664 g/mol. The quantitative estimate of drug-likeness (QED) is 0.175. The Morgan fingerprint density at radius 3 is 1.96 bits per heavy atom. The summed E-state index contributed by atoms with van der Waals surface area (Å²) in [4.78, 5) is 11.1. The summed E-state index contributed by atoms with van der Waals surface area (Å²) in [7, 11) is 0. The second-order valence-electron chi connectivity index (χ2n) is 14.0. The molecule has 7 aromatic carbocycles. The summed E-state index contributed by atoms with van der Waals surface area (Å²) in [6.45, 7) is 0. The topological polar surface area (TPSA) is 30.7 Å². The van der Waals surface area contributed by atoms with Crippen LogP contribution < -0.4 is 0 Å². The number of fused-ring (bicyclic) bond motifs is 9. The number of benzene rings is 7. The first kappa shape index (κ1) is 29.2.